The van der Waals surface area contributed by atoms with E-state index >= 15 is 0 Å². The van der Waals surface area contributed by atoms with Crippen molar-refractivity contribution in [3.63, 3.8) is 0 Å². The average Bonchev–Trinajstić information content (AvgIpc) is 1.66. The quantitative estimate of drug-likeness (QED) is 0.477. The third kappa shape index (κ3) is 7.04. The molecule has 1 N–H and O–H groups in total. The van der Waals surface area contributed by atoms with Crippen LogP contribution in [0, 0.1) is 0 Å². The van der Waals surface area contributed by atoms with Gasteiger partial charge in [-0.1, -0.05) is 0 Å². The molecule has 0 saturated heterocycles. The fraction of sp³-hybridized carbons (Fsp3) is 1.00. The summed E-state index contributed by atoms with van der Waals surface area (Å²) in [7, 11) is 0. The molecule has 8 heavy (non-hydrogen) atoms. The van der Waals surface area contributed by atoms with Crippen LogP contribution in [0.15, 0.2) is 0 Å². The Morgan fingerprint density at radius 2 is 2.12 bits per heavy atom. The first-order valence-corrected chi connectivity index (χ1v) is 8.13. The first-order valence-electron chi connectivity index (χ1n) is 2.55. The maximum atomic E-state index is 10.1. The molecule has 0 heterocycles. The zero-order chi connectivity index (χ0) is 6.41. The van der Waals surface area contributed by atoms with Crippen molar-refractivity contribution < 1.29 is 6.52 Å². The van der Waals surface area contributed by atoms with Crippen LogP contribution in [0.5, 0.6) is 0 Å². The Balaban J connectivity index is 2.82. The van der Waals surface area contributed by atoms with Crippen molar-refractivity contribution in [3.05, 3.63) is 0 Å². The van der Waals surface area contributed by atoms with Crippen molar-refractivity contribution in [1.29, 1.82) is 0 Å². The molecular weight excluding hydrogens is 279 g/mol. The van der Waals surface area contributed by atoms with Crippen LogP contribution in [0.3, 0.4) is 0 Å². The minimum atomic E-state index is -2.93. The van der Waals surface area contributed by atoms with E-state index in [1.54, 1.807) is 0 Å². The van der Waals surface area contributed by atoms with Gasteiger partial charge in [0.2, 0.25) is 0 Å². The molecule has 0 fully saturated rings. The minimum absolute atomic E-state index is 0.577. The average molecular weight is 288 g/mol. The molecule has 0 aromatic carbocycles. The summed E-state index contributed by atoms with van der Waals surface area (Å²) in [6.45, 7) is 0. The van der Waals surface area contributed by atoms with Crippen LogP contribution >= 0.6 is 15.9 Å². The summed E-state index contributed by atoms with van der Waals surface area (Å²) in [5, 5.41) is 0.948. The summed E-state index contributed by atoms with van der Waals surface area (Å²) in [6.07, 6.45) is 1.92. The van der Waals surface area contributed by atoms with Gasteiger partial charge in [-0.05, 0) is 0 Å². The molecule has 48 valence electrons. The molecule has 0 saturated carbocycles. The normalized spacial score (nSPS) is 9.25. The summed E-state index contributed by atoms with van der Waals surface area (Å²) < 4.78 is 19.1. The number of halogens is 1. The molecule has 0 spiro atoms. The predicted molar refractivity (Wildman–Crippen MR) is 36.5 cm³/mol. The number of alkyl halides is 1. The van der Waals surface area contributed by atoms with Gasteiger partial charge in [0.25, 0.3) is 0 Å². The summed E-state index contributed by atoms with van der Waals surface area (Å²) in [4.78, 5) is 0. The van der Waals surface area contributed by atoms with E-state index in [0.717, 1.165) is 18.2 Å². The van der Waals surface area contributed by atoms with Gasteiger partial charge in [-0.3, -0.25) is 0 Å². The first-order chi connectivity index (χ1) is 3.77. The SMILES string of the molecule is [O]=[Sn]([OH])[CH2]CCCBr. The zero-order valence-electron chi connectivity index (χ0n) is 4.56. The Morgan fingerprint density at radius 3 is 2.50 bits per heavy atom. The van der Waals surface area contributed by atoms with Crippen LogP contribution in [-0.4, -0.2) is 28.9 Å². The second-order valence-corrected chi connectivity index (χ2v) is 6.01. The van der Waals surface area contributed by atoms with Gasteiger partial charge in [0.15, 0.2) is 0 Å². The zero-order valence-corrected chi connectivity index (χ0v) is 9.00. The first kappa shape index (κ1) is 9.04. The molecule has 0 atom stereocenters. The molecule has 0 aromatic heterocycles. The number of rotatable bonds is 4. The van der Waals surface area contributed by atoms with Crippen LogP contribution in [-0.2, 0) is 3.08 Å². The Hall–Kier alpha value is 1.04. The Bertz CT molecular complexity index is 76.4. The van der Waals surface area contributed by atoms with Crippen LogP contribution < -0.4 is 0 Å². The molecule has 0 unspecified atom stereocenters. The second-order valence-electron chi connectivity index (χ2n) is 1.54. The second kappa shape index (κ2) is 6.16. The van der Waals surface area contributed by atoms with E-state index in [4.69, 9.17) is 3.44 Å². The fourth-order valence-electron chi connectivity index (χ4n) is 0.371. The van der Waals surface area contributed by atoms with Crippen molar-refractivity contribution in [2.24, 2.45) is 0 Å². The standard InChI is InChI=1S/C4H8Br.H2O.O.Sn/c1-2-3-4-5;;;/h1-4H2;1H2;;/q;;;+1/p-1. The Labute approximate surface area is 65.1 Å². The van der Waals surface area contributed by atoms with Crippen molar-refractivity contribution in [2.45, 2.75) is 17.3 Å². The van der Waals surface area contributed by atoms with Crippen molar-refractivity contribution >= 4 is 36.1 Å². The van der Waals surface area contributed by atoms with Crippen molar-refractivity contribution in [3.8, 4) is 0 Å². The van der Waals surface area contributed by atoms with Gasteiger partial charge in [0.05, 0.1) is 0 Å². The predicted octanol–water partition coefficient (Wildman–Crippen LogP) is 1.07. The number of hydrogen-bond donors (Lipinski definition) is 1. The van der Waals surface area contributed by atoms with E-state index in [2.05, 4.69) is 15.9 Å². The summed E-state index contributed by atoms with van der Waals surface area (Å²) >= 11 is 0.304. The van der Waals surface area contributed by atoms with Gasteiger partial charge >= 0.3 is 65.2 Å². The molecule has 0 aromatic rings. The summed E-state index contributed by atoms with van der Waals surface area (Å²) in [6, 6.07) is 0. The number of unbranched alkanes of at least 4 members (excludes halogenated alkanes) is 1. The van der Waals surface area contributed by atoms with Gasteiger partial charge < -0.3 is 0 Å². The summed E-state index contributed by atoms with van der Waals surface area (Å²) in [5.41, 5.74) is 0. The Kier molecular flexibility index (Phi) is 6.96. The molecule has 0 aliphatic heterocycles. The van der Waals surface area contributed by atoms with E-state index in [9.17, 15) is 3.08 Å². The van der Waals surface area contributed by atoms with Gasteiger partial charge in [-0.2, -0.15) is 0 Å². The molecule has 0 radical (unpaired) electrons. The van der Waals surface area contributed by atoms with Crippen LogP contribution in [0.1, 0.15) is 12.8 Å². The van der Waals surface area contributed by atoms with E-state index in [0.29, 0.717) is 4.44 Å². The fourth-order valence-corrected chi connectivity index (χ4v) is 2.34. The molecule has 2 nitrogen and oxygen atoms in total. The van der Waals surface area contributed by atoms with E-state index in [1.165, 1.54) is 0 Å². The van der Waals surface area contributed by atoms with Gasteiger partial charge in [0, 0.05) is 0 Å². The van der Waals surface area contributed by atoms with Crippen LogP contribution in [0.4, 0.5) is 0 Å². The third-order valence-electron chi connectivity index (χ3n) is 0.774. The van der Waals surface area contributed by atoms with Gasteiger partial charge in [0.1, 0.15) is 0 Å². The van der Waals surface area contributed by atoms with Gasteiger partial charge in [-0.25, -0.2) is 0 Å². The van der Waals surface area contributed by atoms with Gasteiger partial charge in [-0.15, -0.1) is 0 Å². The van der Waals surface area contributed by atoms with Crippen LogP contribution in [0.25, 0.3) is 0 Å². The molecular formula is C4H9BrO2Sn. The van der Waals surface area contributed by atoms with E-state index in [1.807, 2.05) is 0 Å². The van der Waals surface area contributed by atoms with Crippen molar-refractivity contribution in [2.75, 3.05) is 5.33 Å². The molecule has 0 rings (SSSR count). The van der Waals surface area contributed by atoms with Crippen molar-refractivity contribution in [1.82, 2.24) is 0 Å². The van der Waals surface area contributed by atoms with E-state index < -0.39 is 20.2 Å². The molecule has 0 bridgehead atoms. The molecule has 0 aliphatic carbocycles. The Morgan fingerprint density at radius 1 is 1.50 bits per heavy atom. The topological polar surface area (TPSA) is 37.3 Å². The monoisotopic (exact) mass is 288 g/mol. The summed E-state index contributed by atoms with van der Waals surface area (Å²) in [5.74, 6) is 0. The molecule has 0 amide bonds. The maximum absolute atomic E-state index is 10.1. The third-order valence-corrected chi connectivity index (χ3v) is 3.56. The van der Waals surface area contributed by atoms with Crippen LogP contribution in [0.2, 0.25) is 4.44 Å². The molecule has 4 heteroatoms. The molecule has 0 aliphatic rings. The number of hydrogen-bond acceptors (Lipinski definition) is 1. The van der Waals surface area contributed by atoms with E-state index in [-0.39, 0.29) is 0 Å².